The summed E-state index contributed by atoms with van der Waals surface area (Å²) >= 11 is 0. The minimum Gasteiger partial charge on any atom is -0.493 e. The summed E-state index contributed by atoms with van der Waals surface area (Å²) in [4.78, 5) is 30.2. The summed E-state index contributed by atoms with van der Waals surface area (Å²) in [5, 5.41) is 0.959. The van der Waals surface area contributed by atoms with Crippen LogP contribution in [0.4, 0.5) is 0 Å². The monoisotopic (exact) mass is 521 g/mol. The Labute approximate surface area is 219 Å². The Balaban J connectivity index is 1.49. The number of benzene rings is 2. The van der Waals surface area contributed by atoms with Crippen molar-refractivity contribution in [3.8, 4) is 34.3 Å². The summed E-state index contributed by atoms with van der Waals surface area (Å²) in [7, 11) is 1.54. The van der Waals surface area contributed by atoms with Crippen LogP contribution >= 0.6 is 0 Å². The largest absolute Gasteiger partial charge is 0.493 e. The van der Waals surface area contributed by atoms with E-state index in [4.69, 9.17) is 29.4 Å². The molecule has 0 radical (unpaired) electrons. The summed E-state index contributed by atoms with van der Waals surface area (Å²) < 4.78 is 29.8. The van der Waals surface area contributed by atoms with Crippen LogP contribution in [0, 0.1) is 0 Å². The summed E-state index contributed by atoms with van der Waals surface area (Å²) in [6, 6.07) is 6.95. The molecule has 0 amide bonds. The number of nitrogens with two attached hydrogens (primary N) is 1. The molecule has 200 valence electrons. The predicted octanol–water partition coefficient (Wildman–Crippen LogP) is 2.40. The van der Waals surface area contributed by atoms with Gasteiger partial charge in [0.1, 0.15) is 0 Å². The van der Waals surface area contributed by atoms with Crippen LogP contribution in [-0.2, 0) is 11.3 Å². The number of morpholine rings is 1. The van der Waals surface area contributed by atoms with E-state index >= 15 is 0 Å². The van der Waals surface area contributed by atoms with Crippen LogP contribution in [0.3, 0.4) is 0 Å². The quantitative estimate of drug-likeness (QED) is 0.332. The van der Waals surface area contributed by atoms with E-state index in [2.05, 4.69) is 4.90 Å². The van der Waals surface area contributed by atoms with Gasteiger partial charge in [-0.1, -0.05) is 0 Å². The zero-order valence-corrected chi connectivity index (χ0v) is 21.4. The maximum Gasteiger partial charge on any atom is 0.259 e. The molecule has 3 aromatic rings. The van der Waals surface area contributed by atoms with E-state index in [0.717, 1.165) is 39.3 Å². The molecule has 0 saturated carbocycles. The highest BCUT2D eigenvalue weighted by molar-refractivity contribution is 6.27. The molecule has 3 aliphatic rings. The lowest BCUT2D eigenvalue weighted by Gasteiger charge is -2.26. The van der Waals surface area contributed by atoms with Gasteiger partial charge >= 0.3 is 0 Å². The third kappa shape index (κ3) is 4.18. The van der Waals surface area contributed by atoms with E-state index in [1.807, 2.05) is 6.07 Å². The number of aromatic nitrogens is 1. The number of rotatable bonds is 9. The Hall–Kier alpha value is -3.60. The van der Waals surface area contributed by atoms with Crippen molar-refractivity contribution in [2.24, 2.45) is 5.73 Å². The van der Waals surface area contributed by atoms with Gasteiger partial charge in [0.25, 0.3) is 5.56 Å². The van der Waals surface area contributed by atoms with Crippen molar-refractivity contribution in [2.45, 2.75) is 19.4 Å². The molecule has 1 fully saturated rings. The number of pyridine rings is 1. The van der Waals surface area contributed by atoms with Crippen molar-refractivity contribution in [1.29, 1.82) is 0 Å². The molecule has 2 N–H and O–H groups in total. The molecule has 0 spiro atoms. The van der Waals surface area contributed by atoms with Crippen LogP contribution in [0.25, 0.3) is 22.0 Å². The molecule has 0 unspecified atom stereocenters. The molecule has 1 aliphatic carbocycles. The van der Waals surface area contributed by atoms with Gasteiger partial charge in [0.15, 0.2) is 28.8 Å². The van der Waals surface area contributed by atoms with Crippen molar-refractivity contribution in [1.82, 2.24) is 9.47 Å². The smallest absolute Gasteiger partial charge is 0.259 e. The topological polar surface area (TPSA) is 114 Å². The second-order valence-corrected chi connectivity index (χ2v) is 9.61. The van der Waals surface area contributed by atoms with Gasteiger partial charge in [-0.25, -0.2) is 0 Å². The van der Waals surface area contributed by atoms with Crippen molar-refractivity contribution in [3.63, 3.8) is 0 Å². The lowest BCUT2D eigenvalue weighted by Crippen LogP contribution is -2.37. The van der Waals surface area contributed by atoms with Gasteiger partial charge in [0, 0.05) is 42.7 Å². The summed E-state index contributed by atoms with van der Waals surface area (Å²) in [5.41, 5.74) is 7.73. The molecule has 38 heavy (non-hydrogen) atoms. The molecule has 0 bridgehead atoms. The molecular formula is C28H31N3O7. The number of ketones is 1. The van der Waals surface area contributed by atoms with Crippen LogP contribution in [0.2, 0.25) is 0 Å². The van der Waals surface area contributed by atoms with Crippen LogP contribution in [0.15, 0.2) is 29.1 Å². The second-order valence-electron chi connectivity index (χ2n) is 9.61. The minimum absolute atomic E-state index is 0.104. The highest BCUT2D eigenvalue weighted by Gasteiger charge is 2.35. The maximum absolute atomic E-state index is 14.0. The third-order valence-corrected chi connectivity index (χ3v) is 7.36. The third-order valence-electron chi connectivity index (χ3n) is 7.36. The van der Waals surface area contributed by atoms with E-state index in [1.165, 1.54) is 7.11 Å². The molecular weight excluding hydrogens is 490 g/mol. The Morgan fingerprint density at radius 2 is 1.66 bits per heavy atom. The first-order chi connectivity index (χ1) is 18.6. The number of nitrogens with zero attached hydrogens (tertiary/aromatic N) is 2. The SMILES string of the molecule is COc1cc2c(=O)n(CCCN3CCOCC3)c3c(c2cc1OCCCN)C(=O)c1cc2c(cc1-3)OCO2. The lowest BCUT2D eigenvalue weighted by atomic mass is 10.0. The molecule has 2 aliphatic heterocycles. The Morgan fingerprint density at radius 1 is 0.921 bits per heavy atom. The van der Waals surface area contributed by atoms with Gasteiger partial charge in [0.2, 0.25) is 6.79 Å². The highest BCUT2D eigenvalue weighted by atomic mass is 16.7. The Morgan fingerprint density at radius 3 is 2.39 bits per heavy atom. The number of carbonyl (C=O) groups is 1. The van der Waals surface area contributed by atoms with E-state index in [0.29, 0.717) is 82.3 Å². The number of carbonyl (C=O) groups excluding carboxylic acids is 1. The van der Waals surface area contributed by atoms with Gasteiger partial charge in [-0.2, -0.15) is 0 Å². The molecule has 0 atom stereocenters. The van der Waals surface area contributed by atoms with E-state index in [1.54, 1.807) is 22.8 Å². The van der Waals surface area contributed by atoms with Gasteiger partial charge in [-0.05, 0) is 43.7 Å². The Kier molecular flexibility index (Phi) is 6.69. The van der Waals surface area contributed by atoms with Gasteiger partial charge in [-0.15, -0.1) is 0 Å². The van der Waals surface area contributed by atoms with Gasteiger partial charge in [0.05, 0.1) is 43.6 Å². The summed E-state index contributed by atoms with van der Waals surface area (Å²) in [6.45, 7) is 5.48. The second kappa shape index (κ2) is 10.3. The first-order valence-corrected chi connectivity index (χ1v) is 13.0. The first-order valence-electron chi connectivity index (χ1n) is 13.0. The maximum atomic E-state index is 14.0. The summed E-state index contributed by atoms with van der Waals surface area (Å²) in [6.07, 6.45) is 1.42. The van der Waals surface area contributed by atoms with Crippen molar-refractivity contribution in [2.75, 3.05) is 59.9 Å². The van der Waals surface area contributed by atoms with Crippen LogP contribution < -0.4 is 30.2 Å². The number of hydrogen-bond donors (Lipinski definition) is 1. The van der Waals surface area contributed by atoms with Crippen molar-refractivity contribution >= 4 is 16.6 Å². The fraction of sp³-hybridized carbons (Fsp3) is 0.429. The molecule has 2 aromatic carbocycles. The fourth-order valence-electron chi connectivity index (χ4n) is 5.45. The van der Waals surface area contributed by atoms with Gasteiger partial charge in [-0.3, -0.25) is 14.5 Å². The molecule has 3 heterocycles. The zero-order chi connectivity index (χ0) is 26.2. The van der Waals surface area contributed by atoms with E-state index < -0.39 is 0 Å². The van der Waals surface area contributed by atoms with Gasteiger partial charge < -0.3 is 34.0 Å². The van der Waals surface area contributed by atoms with Crippen molar-refractivity contribution < 1.29 is 28.5 Å². The Bertz CT molecular complexity index is 1460. The first kappa shape index (κ1) is 24.7. The zero-order valence-electron chi connectivity index (χ0n) is 21.4. The molecule has 1 aromatic heterocycles. The average Bonchev–Trinajstić information content (AvgIpc) is 3.51. The summed E-state index contributed by atoms with van der Waals surface area (Å²) in [5.74, 6) is 1.85. The highest BCUT2D eigenvalue weighted by Crippen LogP contribution is 2.47. The lowest BCUT2D eigenvalue weighted by molar-refractivity contribution is 0.0369. The van der Waals surface area contributed by atoms with Crippen LogP contribution in [0.5, 0.6) is 23.0 Å². The minimum atomic E-state index is -0.175. The molecule has 10 heteroatoms. The normalized spacial score (nSPS) is 16.1. The number of fused-ring (bicyclic) bond motifs is 6. The fourth-order valence-corrected chi connectivity index (χ4v) is 5.45. The molecule has 6 rings (SSSR count). The molecule has 1 saturated heterocycles. The number of hydrogen-bond acceptors (Lipinski definition) is 9. The number of methoxy groups -OCH3 is 1. The average molecular weight is 522 g/mol. The predicted molar refractivity (Wildman–Crippen MR) is 141 cm³/mol. The van der Waals surface area contributed by atoms with E-state index in [-0.39, 0.29) is 18.1 Å². The molecule has 10 nitrogen and oxygen atoms in total. The van der Waals surface area contributed by atoms with Crippen molar-refractivity contribution in [3.05, 3.63) is 45.7 Å². The van der Waals surface area contributed by atoms with E-state index in [9.17, 15) is 9.59 Å². The van der Waals surface area contributed by atoms with Crippen LogP contribution in [0.1, 0.15) is 28.8 Å². The van der Waals surface area contributed by atoms with Crippen LogP contribution in [-0.4, -0.2) is 75.2 Å². The standard InChI is InChI=1S/C28H31N3O7/c1-34-21-15-20-17(12-22(21)36-9-2-4-29)25-26(18-13-23-24(38-16-37-23)14-19(18)27(25)32)31(28(20)33)6-3-5-30-7-10-35-11-8-30/h12-15H,2-11,16,29H2,1H3. The number of ether oxygens (including phenoxy) is 5.